The molecule has 5 nitrogen and oxygen atoms in total. The van der Waals surface area contributed by atoms with Crippen molar-refractivity contribution in [3.8, 4) is 0 Å². The van der Waals surface area contributed by atoms with Crippen LogP contribution in [0.3, 0.4) is 0 Å². The summed E-state index contributed by atoms with van der Waals surface area (Å²) in [5.41, 5.74) is 4.01. The summed E-state index contributed by atoms with van der Waals surface area (Å²) in [6.07, 6.45) is 3.39. The highest BCUT2D eigenvalue weighted by Gasteiger charge is 2.15. The van der Waals surface area contributed by atoms with E-state index in [0.29, 0.717) is 18.2 Å². The summed E-state index contributed by atoms with van der Waals surface area (Å²) >= 11 is 0. The van der Waals surface area contributed by atoms with E-state index in [1.165, 1.54) is 0 Å². The van der Waals surface area contributed by atoms with Gasteiger partial charge in [-0.1, -0.05) is 0 Å². The normalized spacial score (nSPS) is 17.8. The summed E-state index contributed by atoms with van der Waals surface area (Å²) in [4.78, 5) is 21.2. The van der Waals surface area contributed by atoms with Gasteiger partial charge in [0.15, 0.2) is 0 Å². The van der Waals surface area contributed by atoms with Crippen molar-refractivity contribution < 1.29 is 9.53 Å². The van der Waals surface area contributed by atoms with Crippen molar-refractivity contribution in [3.05, 3.63) is 35.2 Å². The monoisotopic (exact) mass is 299 g/mol. The van der Waals surface area contributed by atoms with E-state index in [1.807, 2.05) is 19.9 Å². The summed E-state index contributed by atoms with van der Waals surface area (Å²) < 4.78 is 5.55. The van der Waals surface area contributed by atoms with Gasteiger partial charge in [0.25, 0.3) is 5.91 Å². The SMILES string of the molecule is Cc1nc2ccc(C(=O)NCC[C@@H]3CCCO3)cc2nc1C. The molecule has 5 heteroatoms. The van der Waals surface area contributed by atoms with Gasteiger partial charge in [-0.05, 0) is 51.3 Å². The number of nitrogens with one attached hydrogen (secondary N) is 1. The van der Waals surface area contributed by atoms with Gasteiger partial charge in [0.2, 0.25) is 0 Å². The van der Waals surface area contributed by atoms with Crippen LogP contribution < -0.4 is 5.32 Å². The van der Waals surface area contributed by atoms with Crippen molar-refractivity contribution in [2.45, 2.75) is 39.2 Å². The minimum absolute atomic E-state index is 0.0695. The molecular formula is C17H21N3O2. The van der Waals surface area contributed by atoms with Crippen molar-refractivity contribution in [1.29, 1.82) is 0 Å². The Morgan fingerprint density at radius 1 is 1.27 bits per heavy atom. The number of aromatic nitrogens is 2. The molecule has 1 atom stereocenters. The van der Waals surface area contributed by atoms with Crippen molar-refractivity contribution in [3.63, 3.8) is 0 Å². The number of rotatable bonds is 4. The largest absolute Gasteiger partial charge is 0.378 e. The van der Waals surface area contributed by atoms with Crippen LogP contribution in [0.2, 0.25) is 0 Å². The molecule has 2 aromatic rings. The Bertz CT molecular complexity index is 694. The zero-order valence-electron chi connectivity index (χ0n) is 13.1. The van der Waals surface area contributed by atoms with Crippen molar-refractivity contribution in [2.24, 2.45) is 0 Å². The third-order valence-electron chi connectivity index (χ3n) is 4.11. The highest BCUT2D eigenvalue weighted by Crippen LogP contribution is 2.16. The van der Waals surface area contributed by atoms with Gasteiger partial charge in [-0.3, -0.25) is 4.79 Å². The van der Waals surface area contributed by atoms with E-state index in [1.54, 1.807) is 12.1 Å². The fraction of sp³-hybridized carbons (Fsp3) is 0.471. The van der Waals surface area contributed by atoms with Gasteiger partial charge in [-0.25, -0.2) is 9.97 Å². The Balaban J connectivity index is 1.66. The second-order valence-corrected chi connectivity index (χ2v) is 5.78. The zero-order chi connectivity index (χ0) is 15.5. The predicted octanol–water partition coefficient (Wildman–Crippen LogP) is 2.55. The highest BCUT2D eigenvalue weighted by molar-refractivity contribution is 5.97. The molecule has 1 aromatic heterocycles. The average molecular weight is 299 g/mol. The molecule has 1 aliphatic heterocycles. The van der Waals surface area contributed by atoms with Crippen molar-refractivity contribution in [1.82, 2.24) is 15.3 Å². The third-order valence-corrected chi connectivity index (χ3v) is 4.11. The molecule has 1 fully saturated rings. The number of nitrogens with zero attached hydrogens (tertiary/aromatic N) is 2. The Hall–Kier alpha value is -2.01. The molecule has 0 aliphatic carbocycles. The van der Waals surface area contributed by atoms with E-state index in [4.69, 9.17) is 4.74 Å². The molecule has 2 heterocycles. The molecule has 0 spiro atoms. The Kier molecular flexibility index (Phi) is 4.34. The standard InChI is InChI=1S/C17H21N3O2/c1-11-12(2)20-16-10-13(5-6-15(16)19-11)17(21)18-8-7-14-4-3-9-22-14/h5-6,10,14H,3-4,7-9H2,1-2H3,(H,18,21)/t14-/m0/s1. The van der Waals surface area contributed by atoms with Crippen LogP contribution >= 0.6 is 0 Å². The van der Waals surface area contributed by atoms with Crippen LogP contribution in [0.25, 0.3) is 11.0 Å². The Morgan fingerprint density at radius 3 is 2.77 bits per heavy atom. The molecule has 116 valence electrons. The lowest BCUT2D eigenvalue weighted by Gasteiger charge is -2.10. The summed E-state index contributed by atoms with van der Waals surface area (Å²) in [6, 6.07) is 5.45. The number of amides is 1. The average Bonchev–Trinajstić information content (AvgIpc) is 3.01. The summed E-state index contributed by atoms with van der Waals surface area (Å²) in [5.74, 6) is -0.0695. The van der Waals surface area contributed by atoms with Gasteiger partial charge >= 0.3 is 0 Å². The maximum Gasteiger partial charge on any atom is 0.251 e. The van der Waals surface area contributed by atoms with Crippen LogP contribution in [-0.4, -0.2) is 35.1 Å². The molecule has 0 saturated carbocycles. The second-order valence-electron chi connectivity index (χ2n) is 5.78. The fourth-order valence-electron chi connectivity index (χ4n) is 2.69. The summed E-state index contributed by atoms with van der Waals surface area (Å²) in [7, 11) is 0. The molecule has 0 unspecified atom stereocenters. The van der Waals surface area contributed by atoms with Crippen LogP contribution in [0, 0.1) is 13.8 Å². The molecule has 0 bridgehead atoms. The maximum absolute atomic E-state index is 12.2. The van der Waals surface area contributed by atoms with E-state index in [9.17, 15) is 4.79 Å². The first-order valence-electron chi connectivity index (χ1n) is 7.78. The van der Waals surface area contributed by atoms with Crippen LogP contribution in [0.4, 0.5) is 0 Å². The third kappa shape index (κ3) is 3.25. The first-order valence-corrected chi connectivity index (χ1v) is 7.78. The lowest BCUT2D eigenvalue weighted by molar-refractivity contribution is 0.0907. The van der Waals surface area contributed by atoms with Gasteiger partial charge in [0.05, 0.1) is 28.5 Å². The van der Waals surface area contributed by atoms with E-state index in [2.05, 4.69) is 15.3 Å². The van der Waals surface area contributed by atoms with Crippen molar-refractivity contribution >= 4 is 16.9 Å². The van der Waals surface area contributed by atoms with E-state index in [-0.39, 0.29) is 5.91 Å². The second kappa shape index (κ2) is 6.40. The molecule has 3 rings (SSSR count). The van der Waals surface area contributed by atoms with Crippen molar-refractivity contribution in [2.75, 3.05) is 13.2 Å². The number of hydrogen-bond acceptors (Lipinski definition) is 4. The number of carbonyl (C=O) groups excluding carboxylic acids is 1. The Labute approximate surface area is 130 Å². The zero-order valence-corrected chi connectivity index (χ0v) is 13.1. The minimum Gasteiger partial charge on any atom is -0.378 e. The number of aryl methyl sites for hydroxylation is 2. The van der Waals surface area contributed by atoms with Gasteiger partial charge in [0.1, 0.15) is 0 Å². The van der Waals surface area contributed by atoms with Gasteiger partial charge < -0.3 is 10.1 Å². The quantitative estimate of drug-likeness (QED) is 0.942. The van der Waals surface area contributed by atoms with Crippen LogP contribution in [0.15, 0.2) is 18.2 Å². The maximum atomic E-state index is 12.2. The molecule has 1 N–H and O–H groups in total. The summed E-state index contributed by atoms with van der Waals surface area (Å²) in [5, 5.41) is 2.95. The fourth-order valence-corrected chi connectivity index (χ4v) is 2.69. The van der Waals surface area contributed by atoms with Gasteiger partial charge in [0, 0.05) is 18.7 Å². The number of hydrogen-bond donors (Lipinski definition) is 1. The molecule has 0 radical (unpaired) electrons. The molecule has 1 aromatic carbocycles. The molecule has 22 heavy (non-hydrogen) atoms. The number of benzene rings is 1. The lowest BCUT2D eigenvalue weighted by atomic mass is 10.1. The molecule has 1 aliphatic rings. The topological polar surface area (TPSA) is 64.1 Å². The lowest BCUT2D eigenvalue weighted by Crippen LogP contribution is -2.27. The van der Waals surface area contributed by atoms with E-state index < -0.39 is 0 Å². The Morgan fingerprint density at radius 2 is 2.05 bits per heavy atom. The smallest absolute Gasteiger partial charge is 0.251 e. The van der Waals surface area contributed by atoms with Crippen LogP contribution in [-0.2, 0) is 4.74 Å². The molecular weight excluding hydrogens is 278 g/mol. The van der Waals surface area contributed by atoms with Gasteiger partial charge in [-0.2, -0.15) is 0 Å². The highest BCUT2D eigenvalue weighted by atomic mass is 16.5. The van der Waals surface area contributed by atoms with Crippen LogP contribution in [0.1, 0.15) is 41.0 Å². The minimum atomic E-state index is -0.0695. The van der Waals surface area contributed by atoms with E-state index in [0.717, 1.165) is 48.3 Å². The van der Waals surface area contributed by atoms with E-state index >= 15 is 0 Å². The number of ether oxygens (including phenoxy) is 1. The van der Waals surface area contributed by atoms with Crippen LogP contribution in [0.5, 0.6) is 0 Å². The summed E-state index contributed by atoms with van der Waals surface area (Å²) in [6.45, 7) is 5.35. The van der Waals surface area contributed by atoms with Gasteiger partial charge in [-0.15, -0.1) is 0 Å². The number of carbonyl (C=O) groups is 1. The molecule has 1 saturated heterocycles. The first-order chi connectivity index (χ1) is 10.6. The predicted molar refractivity (Wildman–Crippen MR) is 84.9 cm³/mol. The first kappa shape index (κ1) is 14.9. The number of fused-ring (bicyclic) bond motifs is 1. The molecule has 1 amide bonds.